The fourth-order valence-corrected chi connectivity index (χ4v) is 4.15. The van der Waals surface area contributed by atoms with Gasteiger partial charge in [-0.15, -0.1) is 0 Å². The van der Waals surface area contributed by atoms with Crippen molar-refractivity contribution in [1.29, 1.82) is 0 Å². The van der Waals surface area contributed by atoms with Crippen molar-refractivity contribution in [2.45, 2.75) is 18.9 Å². The van der Waals surface area contributed by atoms with E-state index in [9.17, 15) is 9.18 Å². The molecule has 3 heterocycles. The first-order valence-corrected chi connectivity index (χ1v) is 9.70. The van der Waals surface area contributed by atoms with Crippen LogP contribution in [-0.4, -0.2) is 36.7 Å². The van der Waals surface area contributed by atoms with Gasteiger partial charge in [-0.05, 0) is 67.7 Å². The minimum absolute atomic E-state index is 0.0959. The Morgan fingerprint density at radius 1 is 1.11 bits per heavy atom. The lowest BCUT2D eigenvalue weighted by Crippen LogP contribution is -2.52. The van der Waals surface area contributed by atoms with Crippen LogP contribution in [0, 0.1) is 11.7 Å². The topological polar surface area (TPSA) is 41.6 Å². The number of hydrogen-bond acceptors (Lipinski definition) is 3. The first kappa shape index (κ1) is 18.5. The van der Waals surface area contributed by atoms with Gasteiger partial charge in [0.25, 0.3) is 0 Å². The van der Waals surface area contributed by atoms with Gasteiger partial charge in [-0.2, -0.15) is 0 Å². The lowest BCUT2D eigenvalue weighted by atomic mass is 9.86. The number of amides is 1. The van der Waals surface area contributed by atoms with Gasteiger partial charge < -0.3 is 4.74 Å². The highest BCUT2D eigenvalue weighted by molar-refractivity contribution is 6.42. The molecule has 0 radical (unpaired) electrons. The van der Waals surface area contributed by atoms with Crippen molar-refractivity contribution in [1.82, 2.24) is 4.90 Å². The molecule has 3 aliphatic rings. The molecule has 1 N–H and O–H groups in total. The molecule has 142 valence electrons. The molecule has 2 aromatic rings. The Balaban J connectivity index is 1.53. The number of nitrogens with zero attached hydrogens (tertiary/aromatic N) is 1. The van der Waals surface area contributed by atoms with E-state index in [1.54, 1.807) is 18.2 Å². The SMILES string of the molecule is O=C(Nc1ccc(F)cc1-c1ccc(Cl)c(Cl)c1)O[C@H]1C[N@]2CC[C@H]1CC2. The lowest BCUT2D eigenvalue weighted by Gasteiger charge is -2.43. The molecule has 3 aliphatic heterocycles. The van der Waals surface area contributed by atoms with Gasteiger partial charge in [-0.1, -0.05) is 29.3 Å². The van der Waals surface area contributed by atoms with E-state index in [1.165, 1.54) is 18.2 Å². The first-order valence-electron chi connectivity index (χ1n) is 8.94. The summed E-state index contributed by atoms with van der Waals surface area (Å²) in [6.45, 7) is 2.93. The van der Waals surface area contributed by atoms with Gasteiger partial charge in [0.1, 0.15) is 11.9 Å². The molecule has 27 heavy (non-hydrogen) atoms. The summed E-state index contributed by atoms with van der Waals surface area (Å²) in [5.74, 6) is 0.0101. The summed E-state index contributed by atoms with van der Waals surface area (Å²) in [5.41, 5.74) is 1.63. The van der Waals surface area contributed by atoms with E-state index in [4.69, 9.17) is 27.9 Å². The van der Waals surface area contributed by atoms with Crippen molar-refractivity contribution >= 4 is 35.0 Å². The first-order chi connectivity index (χ1) is 13.0. The molecule has 0 aromatic heterocycles. The predicted octanol–water partition coefficient (Wildman–Crippen LogP) is 5.44. The zero-order valence-corrected chi connectivity index (χ0v) is 16.1. The number of halogens is 3. The number of rotatable bonds is 3. The standard InChI is InChI=1S/C20H19Cl2FN2O2/c21-16-3-1-13(9-17(16)22)15-10-14(23)2-4-18(15)24-20(26)27-19-11-25-7-5-12(19)6-8-25/h1-4,9-10,12,19H,5-8,11H2,(H,24,26)/t19-/m0/s1. The number of hydrogen-bond donors (Lipinski definition) is 1. The van der Waals surface area contributed by atoms with Gasteiger partial charge in [0, 0.05) is 12.1 Å². The highest BCUT2D eigenvalue weighted by Crippen LogP contribution is 2.34. The summed E-state index contributed by atoms with van der Waals surface area (Å²) in [5, 5.41) is 3.53. The Bertz CT molecular complexity index is 869. The van der Waals surface area contributed by atoms with Crippen molar-refractivity contribution in [3.05, 3.63) is 52.3 Å². The number of anilines is 1. The van der Waals surface area contributed by atoms with Crippen LogP contribution in [0.1, 0.15) is 12.8 Å². The summed E-state index contributed by atoms with van der Waals surface area (Å²) in [4.78, 5) is 14.8. The average molecular weight is 409 g/mol. The van der Waals surface area contributed by atoms with Gasteiger partial charge in [0.2, 0.25) is 0 Å². The van der Waals surface area contributed by atoms with E-state index in [2.05, 4.69) is 10.2 Å². The molecule has 2 bridgehead atoms. The molecule has 0 spiro atoms. The van der Waals surface area contributed by atoms with E-state index in [0.717, 1.165) is 32.5 Å². The van der Waals surface area contributed by atoms with E-state index < -0.39 is 11.9 Å². The maximum Gasteiger partial charge on any atom is 0.411 e. The summed E-state index contributed by atoms with van der Waals surface area (Å²) < 4.78 is 19.5. The predicted molar refractivity (Wildman–Crippen MR) is 105 cm³/mol. The zero-order chi connectivity index (χ0) is 19.0. The normalized spacial score (nSPS) is 23.9. The Morgan fingerprint density at radius 2 is 1.89 bits per heavy atom. The summed E-state index contributed by atoms with van der Waals surface area (Å²) in [6, 6.07) is 9.17. The average Bonchev–Trinajstić information content (AvgIpc) is 2.66. The lowest BCUT2D eigenvalue weighted by molar-refractivity contribution is -0.0289. The van der Waals surface area contributed by atoms with E-state index in [0.29, 0.717) is 32.8 Å². The van der Waals surface area contributed by atoms with Crippen LogP contribution in [0.3, 0.4) is 0 Å². The fourth-order valence-electron chi connectivity index (χ4n) is 3.85. The molecule has 3 saturated heterocycles. The van der Waals surface area contributed by atoms with Crippen LogP contribution >= 0.6 is 23.2 Å². The second-order valence-corrected chi connectivity index (χ2v) is 7.84. The fraction of sp³-hybridized carbons (Fsp3) is 0.350. The largest absolute Gasteiger partial charge is 0.444 e. The summed E-state index contributed by atoms with van der Waals surface area (Å²) in [7, 11) is 0. The number of nitrogens with one attached hydrogen (secondary N) is 1. The number of ether oxygens (including phenoxy) is 1. The van der Waals surface area contributed by atoms with Gasteiger partial charge in [-0.3, -0.25) is 10.2 Å². The third-order valence-electron chi connectivity index (χ3n) is 5.30. The van der Waals surface area contributed by atoms with Crippen LogP contribution in [0.15, 0.2) is 36.4 Å². The number of fused-ring (bicyclic) bond motifs is 3. The van der Waals surface area contributed by atoms with Crippen LogP contribution in [0.4, 0.5) is 14.9 Å². The molecule has 1 atom stereocenters. The van der Waals surface area contributed by atoms with Crippen LogP contribution in [0.2, 0.25) is 10.0 Å². The molecule has 0 aliphatic carbocycles. The van der Waals surface area contributed by atoms with Crippen LogP contribution in [-0.2, 0) is 4.74 Å². The van der Waals surface area contributed by atoms with Crippen molar-refractivity contribution in [3.8, 4) is 11.1 Å². The molecule has 3 fully saturated rings. The molecule has 7 heteroatoms. The highest BCUT2D eigenvalue weighted by atomic mass is 35.5. The number of benzene rings is 2. The zero-order valence-electron chi connectivity index (χ0n) is 14.6. The highest BCUT2D eigenvalue weighted by Gasteiger charge is 2.36. The van der Waals surface area contributed by atoms with Gasteiger partial charge in [0.05, 0.1) is 15.7 Å². The molecular weight excluding hydrogens is 390 g/mol. The van der Waals surface area contributed by atoms with Crippen molar-refractivity contribution in [3.63, 3.8) is 0 Å². The van der Waals surface area contributed by atoms with Gasteiger partial charge in [0.15, 0.2) is 0 Å². The third-order valence-corrected chi connectivity index (χ3v) is 6.04. The number of piperidine rings is 3. The minimum Gasteiger partial charge on any atom is -0.444 e. The van der Waals surface area contributed by atoms with Crippen molar-refractivity contribution < 1.29 is 13.9 Å². The Hall–Kier alpha value is -1.82. The summed E-state index contributed by atoms with van der Waals surface area (Å²) >= 11 is 12.0. The van der Waals surface area contributed by atoms with E-state index in [1.807, 2.05) is 0 Å². The maximum atomic E-state index is 13.8. The second kappa shape index (κ2) is 7.66. The van der Waals surface area contributed by atoms with Gasteiger partial charge >= 0.3 is 6.09 Å². The molecule has 0 unspecified atom stereocenters. The quantitative estimate of drug-likeness (QED) is 0.734. The number of carbonyl (C=O) groups is 1. The van der Waals surface area contributed by atoms with Gasteiger partial charge in [-0.25, -0.2) is 9.18 Å². The second-order valence-electron chi connectivity index (χ2n) is 7.03. The smallest absolute Gasteiger partial charge is 0.411 e. The molecule has 5 rings (SSSR count). The molecular formula is C20H19Cl2FN2O2. The summed E-state index contributed by atoms with van der Waals surface area (Å²) in [6.07, 6.45) is 1.49. The minimum atomic E-state index is -0.526. The Labute approximate surface area is 167 Å². The molecule has 4 nitrogen and oxygen atoms in total. The third kappa shape index (κ3) is 4.05. The Kier molecular flexibility index (Phi) is 5.26. The maximum absolute atomic E-state index is 13.8. The van der Waals surface area contributed by atoms with E-state index in [-0.39, 0.29) is 6.10 Å². The molecule has 0 saturated carbocycles. The molecule has 2 aromatic carbocycles. The van der Waals surface area contributed by atoms with E-state index >= 15 is 0 Å². The van der Waals surface area contributed by atoms with Crippen molar-refractivity contribution in [2.75, 3.05) is 25.0 Å². The number of carbonyl (C=O) groups excluding carboxylic acids is 1. The Morgan fingerprint density at radius 3 is 2.56 bits per heavy atom. The van der Waals surface area contributed by atoms with Crippen LogP contribution in [0.5, 0.6) is 0 Å². The molecule has 1 amide bonds. The van der Waals surface area contributed by atoms with Crippen molar-refractivity contribution in [2.24, 2.45) is 5.92 Å². The van der Waals surface area contributed by atoms with Crippen LogP contribution < -0.4 is 5.32 Å². The monoisotopic (exact) mass is 408 g/mol. The van der Waals surface area contributed by atoms with Crippen LogP contribution in [0.25, 0.3) is 11.1 Å².